The van der Waals surface area contributed by atoms with E-state index in [1.807, 2.05) is 0 Å². The Morgan fingerprint density at radius 1 is 0.914 bits per heavy atom. The number of halogens is 2. The molecular formula is C32H41ClIN. The van der Waals surface area contributed by atoms with Gasteiger partial charge >= 0.3 is 0 Å². The summed E-state index contributed by atoms with van der Waals surface area (Å²) >= 11 is 9.27. The topological polar surface area (TPSA) is 3.24 Å². The van der Waals surface area contributed by atoms with E-state index < -0.39 is 0 Å². The van der Waals surface area contributed by atoms with Crippen LogP contribution in [0.15, 0.2) is 59.2 Å². The molecule has 2 unspecified atom stereocenters. The minimum absolute atomic E-state index is 0.125. The summed E-state index contributed by atoms with van der Waals surface area (Å²) in [5.41, 5.74) is 10.1. The van der Waals surface area contributed by atoms with Crippen molar-refractivity contribution in [3.8, 4) is 0 Å². The van der Waals surface area contributed by atoms with E-state index in [0.717, 1.165) is 5.03 Å². The number of hydrogen-bond donors (Lipinski definition) is 0. The molecule has 2 aromatic carbocycles. The number of alkyl halides is 1. The van der Waals surface area contributed by atoms with Crippen molar-refractivity contribution in [1.29, 1.82) is 0 Å². The maximum absolute atomic E-state index is 6.67. The number of allylic oxidation sites excluding steroid dienone is 2. The first-order valence-corrected chi connectivity index (χ1v) is 14.5. The van der Waals surface area contributed by atoms with Gasteiger partial charge in [-0.1, -0.05) is 106 Å². The van der Waals surface area contributed by atoms with Crippen molar-refractivity contribution in [2.75, 3.05) is 4.90 Å². The van der Waals surface area contributed by atoms with Crippen LogP contribution < -0.4 is 4.90 Å². The molecule has 0 saturated carbocycles. The van der Waals surface area contributed by atoms with Crippen molar-refractivity contribution >= 4 is 45.6 Å². The molecule has 0 aromatic heterocycles. The van der Waals surface area contributed by atoms with E-state index in [4.69, 9.17) is 11.6 Å². The highest BCUT2D eigenvalue weighted by Gasteiger charge is 2.40. The van der Waals surface area contributed by atoms with E-state index in [9.17, 15) is 0 Å². The van der Waals surface area contributed by atoms with Crippen LogP contribution in [0.4, 0.5) is 11.4 Å². The molecule has 188 valence electrons. The van der Waals surface area contributed by atoms with Gasteiger partial charge in [-0.3, -0.25) is 0 Å². The van der Waals surface area contributed by atoms with Crippen molar-refractivity contribution < 1.29 is 0 Å². The van der Waals surface area contributed by atoms with Crippen LogP contribution in [-0.2, 0) is 16.2 Å². The van der Waals surface area contributed by atoms with Gasteiger partial charge in [-0.2, -0.15) is 0 Å². The van der Waals surface area contributed by atoms with E-state index in [0.29, 0.717) is 3.92 Å². The fourth-order valence-corrected chi connectivity index (χ4v) is 6.95. The lowest BCUT2D eigenvalue weighted by molar-refractivity contribution is 0.330. The number of nitrogens with zero attached hydrogens (tertiary/aromatic N) is 1. The zero-order chi connectivity index (χ0) is 25.9. The van der Waals surface area contributed by atoms with E-state index in [2.05, 4.69) is 138 Å². The van der Waals surface area contributed by atoms with Crippen molar-refractivity contribution in [2.45, 2.75) is 101 Å². The zero-order valence-electron chi connectivity index (χ0n) is 22.9. The van der Waals surface area contributed by atoms with Gasteiger partial charge in [0.05, 0.1) is 9.97 Å². The van der Waals surface area contributed by atoms with Gasteiger partial charge in [0.15, 0.2) is 0 Å². The average Bonchev–Trinajstić information content (AvgIpc) is 2.75. The number of fused-ring (bicyclic) bond motifs is 1. The number of anilines is 2. The van der Waals surface area contributed by atoms with Crippen LogP contribution >= 0.6 is 34.2 Å². The Morgan fingerprint density at radius 3 is 2.11 bits per heavy atom. The fraction of sp³-hybridized carbons (Fsp3) is 0.500. The molecule has 3 heteroatoms. The second-order valence-electron chi connectivity index (χ2n) is 12.9. The van der Waals surface area contributed by atoms with Crippen molar-refractivity contribution in [3.63, 3.8) is 0 Å². The summed E-state index contributed by atoms with van der Waals surface area (Å²) in [4.78, 5) is 2.54. The quantitative estimate of drug-likeness (QED) is 0.250. The highest BCUT2D eigenvalue weighted by Crippen LogP contribution is 2.50. The van der Waals surface area contributed by atoms with Gasteiger partial charge in [0.2, 0.25) is 0 Å². The van der Waals surface area contributed by atoms with E-state index >= 15 is 0 Å². The summed E-state index contributed by atoms with van der Waals surface area (Å²) in [6.45, 7) is 21.0. The van der Waals surface area contributed by atoms with Crippen molar-refractivity contribution in [3.05, 3.63) is 81.4 Å². The third kappa shape index (κ3) is 4.99. The molecule has 2 aromatic rings. The standard InChI is InChI=1S/C32H41ClIN/c1-20-18-23(33)19-27(29(20)34)35(24-12-10-22(11-13-24)30(3,4)5)26-15-14-25-28(21(26)2)32(8,9)17-16-31(25,6)7/h10-15,18-19,27,29H,16-17H2,1-9H3. The minimum atomic E-state index is 0.125. The summed E-state index contributed by atoms with van der Waals surface area (Å²) in [7, 11) is 0. The molecule has 2 aliphatic rings. The summed E-state index contributed by atoms with van der Waals surface area (Å²) in [5.74, 6) is 0. The van der Waals surface area contributed by atoms with Crippen LogP contribution in [0.2, 0.25) is 0 Å². The number of hydrogen-bond acceptors (Lipinski definition) is 1. The molecule has 35 heavy (non-hydrogen) atoms. The van der Waals surface area contributed by atoms with E-state index in [-0.39, 0.29) is 22.3 Å². The number of rotatable bonds is 3. The Balaban J connectivity index is 1.94. The van der Waals surface area contributed by atoms with Crippen LogP contribution in [0, 0.1) is 6.92 Å². The summed E-state index contributed by atoms with van der Waals surface area (Å²) in [6, 6.07) is 14.1. The van der Waals surface area contributed by atoms with Crippen LogP contribution in [0.5, 0.6) is 0 Å². The van der Waals surface area contributed by atoms with Gasteiger partial charge in [-0.15, -0.1) is 0 Å². The Kier molecular flexibility index (Phi) is 7.07. The lowest BCUT2D eigenvalue weighted by Gasteiger charge is -2.45. The Morgan fingerprint density at radius 2 is 1.51 bits per heavy atom. The van der Waals surface area contributed by atoms with Gasteiger partial charge in [0, 0.05) is 16.4 Å². The summed E-state index contributed by atoms with van der Waals surface area (Å²) < 4.78 is 0.331. The Labute approximate surface area is 232 Å². The molecule has 2 atom stereocenters. The first-order chi connectivity index (χ1) is 16.1. The smallest absolute Gasteiger partial charge is 0.0695 e. The molecular weight excluding hydrogens is 561 g/mol. The van der Waals surface area contributed by atoms with Gasteiger partial charge < -0.3 is 4.90 Å². The van der Waals surface area contributed by atoms with Crippen LogP contribution in [-0.4, -0.2) is 9.97 Å². The van der Waals surface area contributed by atoms with Crippen LogP contribution in [0.1, 0.15) is 90.5 Å². The van der Waals surface area contributed by atoms with Crippen LogP contribution in [0.3, 0.4) is 0 Å². The molecule has 0 heterocycles. The molecule has 0 radical (unpaired) electrons. The van der Waals surface area contributed by atoms with E-state index in [1.54, 1.807) is 0 Å². The normalized spacial score (nSPS) is 23.3. The zero-order valence-corrected chi connectivity index (χ0v) is 25.8. The Bertz CT molecular complexity index is 1180. The van der Waals surface area contributed by atoms with Gasteiger partial charge in [0.25, 0.3) is 0 Å². The third-order valence-electron chi connectivity index (χ3n) is 8.22. The average molecular weight is 602 g/mol. The summed E-state index contributed by atoms with van der Waals surface area (Å²) in [6.07, 6.45) is 6.78. The predicted molar refractivity (Wildman–Crippen MR) is 163 cm³/mol. The SMILES string of the molecule is CC1=CC(Cl)=CC(N(c2ccc(C(C)(C)C)cc2)c2ccc3c(c2C)C(C)(C)CCC3(C)C)C1I. The minimum Gasteiger partial charge on any atom is -0.333 e. The molecule has 0 bridgehead atoms. The van der Waals surface area contributed by atoms with Gasteiger partial charge in [-0.25, -0.2) is 0 Å². The molecule has 1 nitrogen and oxygen atoms in total. The molecule has 0 amide bonds. The maximum Gasteiger partial charge on any atom is 0.0695 e. The van der Waals surface area contributed by atoms with Crippen molar-refractivity contribution in [1.82, 2.24) is 0 Å². The van der Waals surface area contributed by atoms with Gasteiger partial charge in [-0.05, 0) is 95.5 Å². The highest BCUT2D eigenvalue weighted by molar-refractivity contribution is 14.1. The molecule has 0 fully saturated rings. The lowest BCUT2D eigenvalue weighted by Crippen LogP contribution is -2.40. The summed E-state index contributed by atoms with van der Waals surface area (Å²) in [5, 5.41) is 0.828. The van der Waals surface area contributed by atoms with Crippen molar-refractivity contribution in [2.24, 2.45) is 0 Å². The molecule has 0 spiro atoms. The highest BCUT2D eigenvalue weighted by atomic mass is 127. The van der Waals surface area contributed by atoms with Crippen LogP contribution in [0.25, 0.3) is 0 Å². The largest absolute Gasteiger partial charge is 0.333 e. The second-order valence-corrected chi connectivity index (χ2v) is 14.7. The molecule has 2 aliphatic carbocycles. The molecule has 0 aliphatic heterocycles. The first-order valence-electron chi connectivity index (χ1n) is 12.9. The third-order valence-corrected chi connectivity index (χ3v) is 10.2. The lowest BCUT2D eigenvalue weighted by atomic mass is 9.62. The molecule has 0 N–H and O–H groups in total. The second kappa shape index (κ2) is 9.24. The Hall–Kier alpha value is -1.26. The van der Waals surface area contributed by atoms with E-state index in [1.165, 1.54) is 52.0 Å². The first kappa shape index (κ1) is 26.8. The fourth-order valence-electron chi connectivity index (χ4n) is 5.94. The monoisotopic (exact) mass is 601 g/mol. The predicted octanol–water partition coefficient (Wildman–Crippen LogP) is 10.0. The molecule has 4 rings (SSSR count). The maximum atomic E-state index is 6.67. The number of benzene rings is 2. The van der Waals surface area contributed by atoms with Gasteiger partial charge in [0.1, 0.15) is 0 Å². The molecule has 0 saturated heterocycles.